The van der Waals surface area contributed by atoms with E-state index in [2.05, 4.69) is 35.4 Å². The number of carbonyl (C=O) groups is 1. The van der Waals surface area contributed by atoms with Gasteiger partial charge in [-0.15, -0.1) is 0 Å². The largest absolute Gasteiger partial charge is 0.469 e. The molecule has 0 unspecified atom stereocenters. The Morgan fingerprint density at radius 1 is 1.47 bits per heavy atom. The average Bonchev–Trinajstić information content (AvgIpc) is 2.82. The van der Waals surface area contributed by atoms with E-state index in [4.69, 9.17) is 4.42 Å². The summed E-state index contributed by atoms with van der Waals surface area (Å²) in [6.07, 6.45) is 2.17. The summed E-state index contributed by atoms with van der Waals surface area (Å²) in [4.78, 5) is 17.5. The molecule has 0 N–H and O–H groups in total. The van der Waals surface area contributed by atoms with E-state index in [-0.39, 0.29) is 11.4 Å². The number of hydrogen-bond acceptors (Lipinski definition) is 5. The van der Waals surface area contributed by atoms with Crippen molar-refractivity contribution in [3.63, 3.8) is 0 Å². The first-order valence-corrected chi connectivity index (χ1v) is 6.61. The van der Waals surface area contributed by atoms with Gasteiger partial charge in [0.2, 0.25) is 5.89 Å². The van der Waals surface area contributed by atoms with Gasteiger partial charge in [-0.05, 0) is 6.54 Å². The first-order valence-electron chi connectivity index (χ1n) is 6.61. The van der Waals surface area contributed by atoms with Crippen LogP contribution in [0.25, 0.3) is 0 Å². The van der Waals surface area contributed by atoms with Crippen molar-refractivity contribution in [3.05, 3.63) is 17.8 Å². The monoisotopic (exact) mass is 268 g/mol. The molecule has 0 aliphatic carbocycles. The molecule has 0 atom stereocenters. The predicted octanol–water partition coefficient (Wildman–Crippen LogP) is 2.36. The lowest BCUT2D eigenvalue weighted by molar-refractivity contribution is -0.141. The zero-order valence-electron chi connectivity index (χ0n) is 12.5. The first-order chi connectivity index (χ1) is 8.86. The van der Waals surface area contributed by atoms with Crippen molar-refractivity contribution in [2.24, 2.45) is 0 Å². The molecule has 5 heteroatoms. The average molecular weight is 268 g/mol. The van der Waals surface area contributed by atoms with Crippen LogP contribution in [0.3, 0.4) is 0 Å². The van der Waals surface area contributed by atoms with Crippen LogP contribution in [0.2, 0.25) is 0 Å². The third kappa shape index (κ3) is 5.03. The second kappa shape index (κ2) is 6.70. The minimum absolute atomic E-state index is 0.0334. The third-order valence-electron chi connectivity index (χ3n) is 2.96. The van der Waals surface area contributed by atoms with E-state index in [1.54, 1.807) is 6.20 Å². The van der Waals surface area contributed by atoms with Crippen LogP contribution in [-0.2, 0) is 21.5 Å². The topological polar surface area (TPSA) is 55.6 Å². The van der Waals surface area contributed by atoms with Gasteiger partial charge in [-0.1, -0.05) is 27.7 Å². The maximum atomic E-state index is 11.1. The van der Waals surface area contributed by atoms with Crippen LogP contribution in [0.4, 0.5) is 0 Å². The molecule has 108 valence electrons. The standard InChI is InChI=1S/C14H24N2O3/c1-6-16(8-7-13(17)18-5)10-12-15-9-11(19-12)14(2,3)4/h9H,6-8,10H2,1-5H3. The number of nitrogens with zero attached hydrogens (tertiary/aromatic N) is 2. The van der Waals surface area contributed by atoms with Crippen molar-refractivity contribution in [2.45, 2.75) is 46.1 Å². The maximum Gasteiger partial charge on any atom is 0.306 e. The van der Waals surface area contributed by atoms with Gasteiger partial charge in [0.05, 0.1) is 26.3 Å². The number of rotatable bonds is 6. The summed E-state index contributed by atoms with van der Waals surface area (Å²) < 4.78 is 10.4. The molecule has 0 fully saturated rings. The van der Waals surface area contributed by atoms with E-state index in [9.17, 15) is 4.79 Å². The molecule has 0 saturated carbocycles. The molecule has 1 aromatic rings. The second-order valence-corrected chi connectivity index (χ2v) is 5.56. The van der Waals surface area contributed by atoms with Crippen LogP contribution in [0.15, 0.2) is 10.6 Å². The Morgan fingerprint density at radius 2 is 2.16 bits per heavy atom. The highest BCUT2D eigenvalue weighted by Gasteiger charge is 2.20. The van der Waals surface area contributed by atoms with Crippen molar-refractivity contribution >= 4 is 5.97 Å². The number of oxazole rings is 1. The van der Waals surface area contributed by atoms with Gasteiger partial charge in [0.25, 0.3) is 0 Å². The summed E-state index contributed by atoms with van der Waals surface area (Å²) in [6, 6.07) is 0. The number of hydrogen-bond donors (Lipinski definition) is 0. The Balaban J connectivity index is 2.56. The fourth-order valence-corrected chi connectivity index (χ4v) is 1.62. The molecule has 0 bridgehead atoms. The van der Waals surface area contributed by atoms with Gasteiger partial charge in [-0.25, -0.2) is 4.98 Å². The van der Waals surface area contributed by atoms with Gasteiger partial charge >= 0.3 is 5.97 Å². The van der Waals surface area contributed by atoms with Gasteiger partial charge in [0.15, 0.2) is 0 Å². The molecule has 1 rings (SSSR count). The molecule has 0 aliphatic heterocycles. The lowest BCUT2D eigenvalue weighted by atomic mass is 9.94. The van der Waals surface area contributed by atoms with Crippen molar-refractivity contribution in [2.75, 3.05) is 20.2 Å². The fraction of sp³-hybridized carbons (Fsp3) is 0.714. The summed E-state index contributed by atoms with van der Waals surface area (Å²) in [6.45, 7) is 10.4. The van der Waals surface area contributed by atoms with Gasteiger partial charge in [-0.3, -0.25) is 9.69 Å². The van der Waals surface area contributed by atoms with Crippen molar-refractivity contribution < 1.29 is 13.9 Å². The molecule has 1 aromatic heterocycles. The number of ether oxygens (including phenoxy) is 1. The van der Waals surface area contributed by atoms with E-state index in [0.29, 0.717) is 25.4 Å². The van der Waals surface area contributed by atoms with Crippen LogP contribution in [0, 0.1) is 0 Å². The summed E-state index contributed by atoms with van der Waals surface area (Å²) in [5, 5.41) is 0. The third-order valence-corrected chi connectivity index (χ3v) is 2.96. The van der Waals surface area contributed by atoms with E-state index < -0.39 is 0 Å². The van der Waals surface area contributed by atoms with Crippen LogP contribution in [0.5, 0.6) is 0 Å². The lowest BCUT2D eigenvalue weighted by Gasteiger charge is -2.18. The molecule has 0 radical (unpaired) electrons. The zero-order valence-corrected chi connectivity index (χ0v) is 12.5. The zero-order chi connectivity index (χ0) is 14.5. The highest BCUT2D eigenvalue weighted by atomic mass is 16.5. The quantitative estimate of drug-likeness (QED) is 0.741. The Bertz CT molecular complexity index is 407. The first kappa shape index (κ1) is 15.7. The molecule has 0 amide bonds. The van der Waals surface area contributed by atoms with Crippen LogP contribution >= 0.6 is 0 Å². The van der Waals surface area contributed by atoms with Gasteiger partial charge in [0, 0.05) is 12.0 Å². The van der Waals surface area contributed by atoms with Crippen molar-refractivity contribution in [3.8, 4) is 0 Å². The van der Waals surface area contributed by atoms with Crippen LogP contribution in [0.1, 0.15) is 45.8 Å². The Hall–Kier alpha value is -1.36. The fourth-order valence-electron chi connectivity index (χ4n) is 1.62. The number of esters is 1. The SMILES string of the molecule is CCN(CCC(=O)OC)Cc1ncc(C(C)(C)C)o1. The summed E-state index contributed by atoms with van der Waals surface area (Å²) >= 11 is 0. The maximum absolute atomic E-state index is 11.1. The van der Waals surface area contributed by atoms with E-state index >= 15 is 0 Å². The summed E-state index contributed by atoms with van der Waals surface area (Å²) in [7, 11) is 1.41. The van der Waals surface area contributed by atoms with E-state index in [1.807, 2.05) is 6.92 Å². The summed E-state index contributed by atoms with van der Waals surface area (Å²) in [5.41, 5.74) is -0.0334. The van der Waals surface area contributed by atoms with Gasteiger partial charge in [-0.2, -0.15) is 0 Å². The van der Waals surface area contributed by atoms with E-state index in [1.165, 1.54) is 7.11 Å². The van der Waals surface area contributed by atoms with Gasteiger partial charge in [0.1, 0.15) is 5.76 Å². The van der Waals surface area contributed by atoms with Gasteiger partial charge < -0.3 is 9.15 Å². The molecule has 19 heavy (non-hydrogen) atoms. The highest BCUT2D eigenvalue weighted by molar-refractivity contribution is 5.69. The minimum Gasteiger partial charge on any atom is -0.469 e. The molecule has 0 spiro atoms. The van der Waals surface area contributed by atoms with Crippen molar-refractivity contribution in [1.29, 1.82) is 0 Å². The molecular weight excluding hydrogens is 244 g/mol. The van der Waals surface area contributed by atoms with Crippen LogP contribution < -0.4 is 0 Å². The smallest absolute Gasteiger partial charge is 0.306 e. The molecule has 0 saturated heterocycles. The minimum atomic E-state index is -0.193. The number of carbonyl (C=O) groups excluding carboxylic acids is 1. The van der Waals surface area contributed by atoms with Crippen LogP contribution in [-0.4, -0.2) is 36.1 Å². The summed E-state index contributed by atoms with van der Waals surface area (Å²) in [5.74, 6) is 1.38. The van der Waals surface area contributed by atoms with Crippen molar-refractivity contribution in [1.82, 2.24) is 9.88 Å². The predicted molar refractivity (Wildman–Crippen MR) is 72.8 cm³/mol. The van der Waals surface area contributed by atoms with E-state index in [0.717, 1.165) is 12.3 Å². The Labute approximate surface area is 114 Å². The lowest BCUT2D eigenvalue weighted by Crippen LogP contribution is -2.26. The normalized spacial score (nSPS) is 11.9. The Kier molecular flexibility index (Phi) is 5.54. The molecule has 5 nitrogen and oxygen atoms in total. The number of aromatic nitrogens is 1. The molecule has 1 heterocycles. The Morgan fingerprint density at radius 3 is 2.63 bits per heavy atom. The molecular formula is C14H24N2O3. The highest BCUT2D eigenvalue weighted by Crippen LogP contribution is 2.23. The molecule has 0 aliphatic rings. The molecule has 0 aromatic carbocycles. The number of methoxy groups -OCH3 is 1. The second-order valence-electron chi connectivity index (χ2n) is 5.56.